The molecule has 0 N–H and O–H groups in total. The summed E-state index contributed by atoms with van der Waals surface area (Å²) in [6.07, 6.45) is 3.07. The van der Waals surface area contributed by atoms with Crippen molar-refractivity contribution >= 4 is 40.6 Å². The van der Waals surface area contributed by atoms with Crippen LogP contribution < -0.4 is 0 Å². The quantitative estimate of drug-likeness (QED) is 0.445. The van der Waals surface area contributed by atoms with Gasteiger partial charge in [0.1, 0.15) is 10.1 Å². The number of halogens is 3. The lowest BCUT2D eigenvalue weighted by molar-refractivity contribution is -0.118. The number of nitrogens with zero attached hydrogens (tertiary/aromatic N) is 1. The molecule has 1 fully saturated rings. The van der Waals surface area contributed by atoms with Gasteiger partial charge >= 0.3 is 0 Å². The van der Waals surface area contributed by atoms with Crippen LogP contribution in [0.25, 0.3) is 0 Å². The average Bonchev–Trinajstić information content (AvgIpc) is 2.80. The van der Waals surface area contributed by atoms with E-state index in [0.29, 0.717) is 16.2 Å². The molecule has 0 aromatic rings. The summed E-state index contributed by atoms with van der Waals surface area (Å²) >= 11 is 17.7. The van der Waals surface area contributed by atoms with Crippen molar-refractivity contribution in [3.63, 3.8) is 0 Å². The number of rotatable bonds is 4. The number of Topliss-reactive ketones (excluding diaryl/α,β-unsaturated/α-hetero) is 1. The van der Waals surface area contributed by atoms with E-state index in [1.54, 1.807) is 13.0 Å². The fourth-order valence-electron chi connectivity index (χ4n) is 1.90. The summed E-state index contributed by atoms with van der Waals surface area (Å²) in [5, 5.41) is 9.42. The van der Waals surface area contributed by atoms with Crippen molar-refractivity contribution in [2.75, 3.05) is 0 Å². The summed E-state index contributed by atoms with van der Waals surface area (Å²) in [5.41, 5.74) is 0.914. The minimum Gasteiger partial charge on any atom is -0.300 e. The fraction of sp³-hybridized carbons (Fsp3) is 0.385. The van der Waals surface area contributed by atoms with Crippen molar-refractivity contribution < 1.29 is 4.79 Å². The van der Waals surface area contributed by atoms with Crippen LogP contribution in [-0.4, -0.2) is 10.1 Å². The van der Waals surface area contributed by atoms with Gasteiger partial charge in [0, 0.05) is 11.0 Å². The van der Waals surface area contributed by atoms with Gasteiger partial charge in [-0.3, -0.25) is 4.79 Å². The second-order valence-corrected chi connectivity index (χ2v) is 6.30. The third-order valence-corrected chi connectivity index (χ3v) is 3.76. The zero-order valence-electron chi connectivity index (χ0n) is 10.0. The topological polar surface area (TPSA) is 40.9 Å². The SMILES string of the molecule is C=C(/C=C(C#N)\C=C(/C)Cl)[C@H]1C(C(C)=O)C1(Cl)Cl. The lowest BCUT2D eigenvalue weighted by Crippen LogP contribution is -1.99. The van der Waals surface area contributed by atoms with Gasteiger partial charge in [0.2, 0.25) is 0 Å². The average molecular weight is 305 g/mol. The van der Waals surface area contributed by atoms with Crippen LogP contribution in [0, 0.1) is 23.2 Å². The van der Waals surface area contributed by atoms with Crippen LogP contribution in [0.2, 0.25) is 0 Å². The minimum absolute atomic E-state index is 0.0814. The van der Waals surface area contributed by atoms with Gasteiger partial charge in [0.05, 0.1) is 17.6 Å². The summed E-state index contributed by atoms with van der Waals surface area (Å²) in [7, 11) is 0. The van der Waals surface area contributed by atoms with Crippen LogP contribution in [0.15, 0.2) is 34.9 Å². The normalized spacial score (nSPS) is 26.4. The molecule has 1 aliphatic rings. The molecule has 2 atom stereocenters. The Morgan fingerprint density at radius 1 is 1.33 bits per heavy atom. The molecule has 1 aliphatic carbocycles. The van der Waals surface area contributed by atoms with Gasteiger partial charge in [0.15, 0.2) is 0 Å². The molecule has 2 nitrogen and oxygen atoms in total. The van der Waals surface area contributed by atoms with Gasteiger partial charge in [-0.25, -0.2) is 0 Å². The number of allylic oxidation sites excluding steroid dienone is 5. The Labute approximate surface area is 122 Å². The summed E-state index contributed by atoms with van der Waals surface area (Å²) in [6.45, 7) is 6.92. The van der Waals surface area contributed by atoms with Gasteiger partial charge in [0.25, 0.3) is 0 Å². The van der Waals surface area contributed by atoms with Gasteiger partial charge in [-0.15, -0.1) is 23.2 Å². The number of carbonyl (C=O) groups excluding carboxylic acids is 1. The molecule has 5 heteroatoms. The molecular weight excluding hydrogens is 293 g/mol. The second kappa shape index (κ2) is 5.48. The van der Waals surface area contributed by atoms with Crippen molar-refractivity contribution in [2.24, 2.45) is 11.8 Å². The number of hydrogen-bond acceptors (Lipinski definition) is 2. The van der Waals surface area contributed by atoms with Crippen LogP contribution in [-0.2, 0) is 4.79 Å². The lowest BCUT2D eigenvalue weighted by atomic mass is 10.1. The zero-order chi connectivity index (χ0) is 14.1. The standard InChI is InChI=1S/C13H12Cl3NO/c1-7(4-10(6-17)5-8(2)14)11-12(9(3)18)13(11,15)16/h4-5,11-12H,1H2,2-3H3/b8-5+,10-4+/t11-,12?/m0/s1. The molecule has 18 heavy (non-hydrogen) atoms. The molecule has 0 spiro atoms. The van der Waals surface area contributed by atoms with Gasteiger partial charge < -0.3 is 0 Å². The highest BCUT2D eigenvalue weighted by molar-refractivity contribution is 6.53. The Balaban J connectivity index is 2.92. The van der Waals surface area contributed by atoms with E-state index >= 15 is 0 Å². The predicted molar refractivity (Wildman–Crippen MR) is 74.5 cm³/mol. The highest BCUT2D eigenvalue weighted by Gasteiger charge is 2.66. The molecule has 0 aromatic heterocycles. The molecule has 0 saturated heterocycles. The van der Waals surface area contributed by atoms with Crippen LogP contribution in [0.5, 0.6) is 0 Å². The number of carbonyl (C=O) groups is 1. The Morgan fingerprint density at radius 3 is 2.22 bits per heavy atom. The maximum absolute atomic E-state index is 11.3. The van der Waals surface area contributed by atoms with E-state index in [9.17, 15) is 4.79 Å². The molecule has 0 heterocycles. The molecule has 1 unspecified atom stereocenters. The fourth-order valence-corrected chi connectivity index (χ4v) is 2.99. The Bertz CT molecular complexity index is 493. The number of alkyl halides is 2. The largest absolute Gasteiger partial charge is 0.300 e. The molecule has 0 bridgehead atoms. The smallest absolute Gasteiger partial charge is 0.136 e. The second-order valence-electron chi connectivity index (χ2n) is 4.26. The third kappa shape index (κ3) is 3.17. The highest BCUT2D eigenvalue weighted by atomic mass is 35.5. The van der Waals surface area contributed by atoms with Gasteiger partial charge in [-0.2, -0.15) is 5.26 Å². The van der Waals surface area contributed by atoms with Crippen molar-refractivity contribution in [1.82, 2.24) is 0 Å². The van der Waals surface area contributed by atoms with E-state index in [2.05, 4.69) is 6.58 Å². The molecule has 0 aliphatic heterocycles. The molecule has 1 saturated carbocycles. The zero-order valence-corrected chi connectivity index (χ0v) is 12.3. The first-order valence-electron chi connectivity index (χ1n) is 5.24. The van der Waals surface area contributed by atoms with Gasteiger partial charge in [-0.05, 0) is 31.6 Å². The van der Waals surface area contributed by atoms with Crippen molar-refractivity contribution in [1.29, 1.82) is 5.26 Å². The Hall–Kier alpha value is -0.750. The first kappa shape index (κ1) is 15.3. The minimum atomic E-state index is -1.11. The van der Waals surface area contributed by atoms with Crippen LogP contribution >= 0.6 is 34.8 Å². The van der Waals surface area contributed by atoms with Crippen molar-refractivity contribution in [3.05, 3.63) is 34.9 Å². The van der Waals surface area contributed by atoms with Crippen molar-refractivity contribution in [3.8, 4) is 6.07 Å². The number of ketones is 1. The Kier molecular flexibility index (Phi) is 4.66. The predicted octanol–water partition coefficient (Wildman–Crippen LogP) is 4.14. The molecule has 0 aromatic carbocycles. The van der Waals surface area contributed by atoms with E-state index in [-0.39, 0.29) is 11.7 Å². The van der Waals surface area contributed by atoms with Crippen molar-refractivity contribution in [2.45, 2.75) is 18.2 Å². The monoisotopic (exact) mass is 303 g/mol. The van der Waals surface area contributed by atoms with Crippen LogP contribution in [0.3, 0.4) is 0 Å². The summed E-state index contributed by atoms with van der Waals surface area (Å²) in [5.74, 6) is -0.876. The van der Waals surface area contributed by atoms with E-state index in [1.165, 1.54) is 13.0 Å². The number of hydrogen-bond donors (Lipinski definition) is 0. The molecule has 0 radical (unpaired) electrons. The Morgan fingerprint density at radius 2 is 1.89 bits per heavy atom. The first-order valence-corrected chi connectivity index (χ1v) is 6.37. The van der Waals surface area contributed by atoms with Crippen LogP contribution in [0.4, 0.5) is 0 Å². The molecule has 1 rings (SSSR count). The van der Waals surface area contributed by atoms with E-state index in [4.69, 9.17) is 40.1 Å². The van der Waals surface area contributed by atoms with E-state index in [1.807, 2.05) is 6.07 Å². The van der Waals surface area contributed by atoms with Gasteiger partial charge in [-0.1, -0.05) is 18.2 Å². The summed E-state index contributed by atoms with van der Waals surface area (Å²) in [6, 6.07) is 1.99. The summed E-state index contributed by atoms with van der Waals surface area (Å²) < 4.78 is -1.11. The summed E-state index contributed by atoms with van der Waals surface area (Å²) in [4.78, 5) is 11.3. The third-order valence-electron chi connectivity index (χ3n) is 2.72. The molecular formula is C13H12Cl3NO. The highest BCUT2D eigenvalue weighted by Crippen LogP contribution is 2.62. The van der Waals surface area contributed by atoms with Crippen LogP contribution in [0.1, 0.15) is 13.8 Å². The lowest BCUT2D eigenvalue weighted by Gasteiger charge is -1.99. The first-order chi connectivity index (χ1) is 8.21. The van der Waals surface area contributed by atoms with E-state index in [0.717, 1.165) is 0 Å². The van der Waals surface area contributed by atoms with E-state index < -0.39 is 10.3 Å². The molecule has 0 amide bonds. The number of nitriles is 1. The maximum Gasteiger partial charge on any atom is 0.136 e. The maximum atomic E-state index is 11.3. The molecule has 96 valence electrons.